The maximum absolute atomic E-state index is 12.2. The van der Waals surface area contributed by atoms with Crippen molar-refractivity contribution in [3.8, 4) is 0 Å². The zero-order chi connectivity index (χ0) is 22.4. The predicted octanol–water partition coefficient (Wildman–Crippen LogP) is 2.06. The summed E-state index contributed by atoms with van der Waals surface area (Å²) in [5.41, 5.74) is 8.94. The van der Waals surface area contributed by atoms with Crippen LogP contribution in [0.3, 0.4) is 0 Å². The van der Waals surface area contributed by atoms with E-state index in [4.69, 9.17) is 0 Å². The molecule has 3 rings (SSSR count). The molecule has 0 aromatic heterocycles. The zero-order valence-electron chi connectivity index (χ0n) is 18.2. The molecule has 31 heavy (non-hydrogen) atoms. The lowest BCUT2D eigenvalue weighted by Gasteiger charge is -2.11. The van der Waals surface area contributed by atoms with E-state index in [1.165, 1.54) is 0 Å². The Hall–Kier alpha value is -3.68. The lowest BCUT2D eigenvalue weighted by Crippen LogP contribution is -2.25. The van der Waals surface area contributed by atoms with Crippen LogP contribution in [0.5, 0.6) is 0 Å². The first-order valence-electron chi connectivity index (χ1n) is 10.1. The summed E-state index contributed by atoms with van der Waals surface area (Å²) < 4.78 is 0. The third-order valence-corrected chi connectivity index (χ3v) is 5.06. The van der Waals surface area contributed by atoms with Gasteiger partial charge in [-0.3, -0.25) is 9.59 Å². The van der Waals surface area contributed by atoms with E-state index >= 15 is 0 Å². The van der Waals surface area contributed by atoms with Gasteiger partial charge in [0.25, 0.3) is 0 Å². The SMILES string of the molecule is CN(C)c1ccc(/C=N\NC(=O)[C@H]2C[C@@H]2C(=O)N/N=C\c2ccc(N(C)C)cc2)cc1. The van der Waals surface area contributed by atoms with E-state index in [1.54, 1.807) is 12.4 Å². The van der Waals surface area contributed by atoms with E-state index in [1.807, 2.05) is 86.5 Å². The van der Waals surface area contributed by atoms with Gasteiger partial charge in [0.1, 0.15) is 0 Å². The van der Waals surface area contributed by atoms with E-state index in [2.05, 4.69) is 21.1 Å². The first-order chi connectivity index (χ1) is 14.8. The number of amides is 2. The van der Waals surface area contributed by atoms with Gasteiger partial charge < -0.3 is 9.80 Å². The van der Waals surface area contributed by atoms with Crippen LogP contribution >= 0.6 is 0 Å². The van der Waals surface area contributed by atoms with Gasteiger partial charge in [-0.15, -0.1) is 0 Å². The van der Waals surface area contributed by atoms with Crippen molar-refractivity contribution in [1.29, 1.82) is 0 Å². The molecule has 2 N–H and O–H groups in total. The Morgan fingerprint density at radius 2 is 1.10 bits per heavy atom. The summed E-state index contributed by atoms with van der Waals surface area (Å²) in [5, 5.41) is 7.98. The van der Waals surface area contributed by atoms with Gasteiger partial charge in [-0.25, -0.2) is 10.9 Å². The van der Waals surface area contributed by atoms with Crippen molar-refractivity contribution in [2.45, 2.75) is 6.42 Å². The molecular formula is C23H28N6O2. The fourth-order valence-electron chi connectivity index (χ4n) is 3.00. The molecule has 8 nitrogen and oxygen atoms in total. The maximum Gasteiger partial charge on any atom is 0.244 e. The van der Waals surface area contributed by atoms with Gasteiger partial charge in [0.05, 0.1) is 24.3 Å². The fraction of sp³-hybridized carbons (Fsp3) is 0.304. The Kier molecular flexibility index (Phi) is 7.02. The van der Waals surface area contributed by atoms with Crippen LogP contribution in [0.4, 0.5) is 11.4 Å². The molecule has 1 aliphatic rings. The molecule has 2 aromatic rings. The number of rotatable bonds is 8. The van der Waals surface area contributed by atoms with Crippen LogP contribution in [0.15, 0.2) is 58.7 Å². The Labute approximate surface area is 182 Å². The number of carbonyl (C=O) groups is 2. The molecule has 0 aliphatic heterocycles. The van der Waals surface area contributed by atoms with Crippen LogP contribution in [-0.4, -0.2) is 52.4 Å². The second kappa shape index (κ2) is 9.88. The fourth-order valence-corrected chi connectivity index (χ4v) is 3.00. The molecule has 0 saturated heterocycles. The Balaban J connectivity index is 1.42. The maximum atomic E-state index is 12.2. The number of hydrogen-bond acceptors (Lipinski definition) is 6. The minimum atomic E-state index is -0.372. The van der Waals surface area contributed by atoms with Gasteiger partial charge in [-0.2, -0.15) is 10.2 Å². The number of benzene rings is 2. The smallest absolute Gasteiger partial charge is 0.244 e. The van der Waals surface area contributed by atoms with Crippen LogP contribution in [-0.2, 0) is 9.59 Å². The summed E-state index contributed by atoms with van der Waals surface area (Å²) in [6.45, 7) is 0. The monoisotopic (exact) mass is 420 g/mol. The van der Waals surface area contributed by atoms with Crippen molar-refractivity contribution in [2.24, 2.45) is 22.0 Å². The van der Waals surface area contributed by atoms with Gasteiger partial charge in [0.15, 0.2) is 0 Å². The quantitative estimate of drug-likeness (QED) is 0.505. The molecule has 0 spiro atoms. The predicted molar refractivity (Wildman–Crippen MR) is 125 cm³/mol. The van der Waals surface area contributed by atoms with Gasteiger partial charge in [-0.1, -0.05) is 24.3 Å². The number of nitrogens with one attached hydrogen (secondary N) is 2. The van der Waals surface area contributed by atoms with Gasteiger partial charge in [0, 0.05) is 39.6 Å². The number of anilines is 2. The van der Waals surface area contributed by atoms with Crippen LogP contribution in [0.1, 0.15) is 17.5 Å². The standard InChI is InChI=1S/C23H28N6O2/c1-28(2)18-9-5-16(6-10-18)14-24-26-22(30)20-13-21(20)23(31)27-25-15-17-7-11-19(12-8-17)29(3)4/h5-12,14-15,20-21H,13H2,1-4H3,(H,26,30)(H,27,31)/b24-14-,25-15-/t20-,21-/m0/s1. The van der Waals surface area contributed by atoms with Crippen LogP contribution in [0.25, 0.3) is 0 Å². The molecule has 2 amide bonds. The van der Waals surface area contributed by atoms with Crippen molar-refractivity contribution in [2.75, 3.05) is 38.0 Å². The molecule has 2 atom stereocenters. The summed E-state index contributed by atoms with van der Waals surface area (Å²) >= 11 is 0. The van der Waals surface area contributed by atoms with Gasteiger partial charge >= 0.3 is 0 Å². The summed E-state index contributed by atoms with van der Waals surface area (Å²) in [6, 6.07) is 15.6. The van der Waals surface area contributed by atoms with Gasteiger partial charge in [-0.05, 0) is 41.8 Å². The highest BCUT2D eigenvalue weighted by atomic mass is 16.2. The molecule has 0 radical (unpaired) electrons. The Morgan fingerprint density at radius 1 is 0.742 bits per heavy atom. The molecule has 162 valence electrons. The van der Waals surface area contributed by atoms with E-state index in [-0.39, 0.29) is 23.7 Å². The summed E-state index contributed by atoms with van der Waals surface area (Å²) in [6.07, 6.45) is 3.67. The molecular weight excluding hydrogens is 392 g/mol. The highest BCUT2D eigenvalue weighted by Gasteiger charge is 2.48. The molecule has 1 saturated carbocycles. The summed E-state index contributed by atoms with van der Waals surface area (Å²) in [7, 11) is 7.89. The van der Waals surface area contributed by atoms with Crippen LogP contribution < -0.4 is 20.7 Å². The Bertz CT molecular complexity index is 885. The average Bonchev–Trinajstić information content (AvgIpc) is 3.55. The van der Waals surface area contributed by atoms with Crippen molar-refractivity contribution in [3.63, 3.8) is 0 Å². The molecule has 0 heterocycles. The number of hydrazone groups is 2. The van der Waals surface area contributed by atoms with Crippen LogP contribution in [0, 0.1) is 11.8 Å². The highest BCUT2D eigenvalue weighted by Crippen LogP contribution is 2.38. The summed E-state index contributed by atoms with van der Waals surface area (Å²) in [5.74, 6) is -1.26. The number of nitrogens with zero attached hydrogens (tertiary/aromatic N) is 4. The molecule has 0 bridgehead atoms. The summed E-state index contributed by atoms with van der Waals surface area (Å²) in [4.78, 5) is 28.4. The topological polar surface area (TPSA) is 89.4 Å². The van der Waals surface area contributed by atoms with E-state index in [9.17, 15) is 9.59 Å². The third-order valence-electron chi connectivity index (χ3n) is 5.06. The largest absolute Gasteiger partial charge is 0.378 e. The third kappa shape index (κ3) is 6.15. The van der Waals surface area contributed by atoms with Gasteiger partial charge in [0.2, 0.25) is 11.8 Å². The zero-order valence-corrected chi connectivity index (χ0v) is 18.2. The second-order valence-electron chi connectivity index (χ2n) is 7.89. The number of carbonyl (C=O) groups excluding carboxylic acids is 2. The van der Waals surface area contributed by atoms with Crippen molar-refractivity contribution >= 4 is 35.6 Å². The molecule has 2 aromatic carbocycles. The van der Waals surface area contributed by atoms with Crippen molar-refractivity contribution in [3.05, 3.63) is 59.7 Å². The van der Waals surface area contributed by atoms with E-state index in [0.29, 0.717) is 6.42 Å². The normalized spacial score (nSPS) is 17.5. The lowest BCUT2D eigenvalue weighted by atomic mass is 10.2. The minimum Gasteiger partial charge on any atom is -0.378 e. The highest BCUT2D eigenvalue weighted by molar-refractivity contribution is 5.93. The lowest BCUT2D eigenvalue weighted by molar-refractivity contribution is -0.127. The van der Waals surface area contributed by atoms with E-state index in [0.717, 1.165) is 22.5 Å². The molecule has 1 aliphatic carbocycles. The first-order valence-corrected chi connectivity index (χ1v) is 10.1. The molecule has 8 heteroatoms. The Morgan fingerprint density at radius 3 is 1.42 bits per heavy atom. The minimum absolute atomic E-state index is 0.260. The van der Waals surface area contributed by atoms with Crippen molar-refractivity contribution < 1.29 is 9.59 Å². The van der Waals surface area contributed by atoms with Crippen molar-refractivity contribution in [1.82, 2.24) is 10.9 Å². The molecule has 1 fully saturated rings. The first kappa shape index (κ1) is 22.0. The average molecular weight is 421 g/mol. The number of hydrogen-bond donors (Lipinski definition) is 2. The molecule has 0 unspecified atom stereocenters. The van der Waals surface area contributed by atoms with E-state index < -0.39 is 0 Å². The second-order valence-corrected chi connectivity index (χ2v) is 7.89. The van der Waals surface area contributed by atoms with Crippen LogP contribution in [0.2, 0.25) is 0 Å².